The van der Waals surface area contributed by atoms with Gasteiger partial charge in [-0.2, -0.15) is 4.31 Å². The number of hydrogen-bond acceptors (Lipinski definition) is 11. The van der Waals surface area contributed by atoms with E-state index in [0.717, 1.165) is 6.33 Å². The second-order valence-electron chi connectivity index (χ2n) is 5.47. The largest absolute Gasteiger partial charge is 1.00 e. The predicted octanol–water partition coefficient (Wildman–Crippen LogP) is -7.51. The first-order chi connectivity index (χ1) is 12.5. The number of aliphatic hydroxyl groups is 2. The van der Waals surface area contributed by atoms with Gasteiger partial charge in [0.25, 0.3) is 0 Å². The first kappa shape index (κ1) is 27.5. The van der Waals surface area contributed by atoms with Crippen molar-refractivity contribution in [1.29, 1.82) is 0 Å². The SMILES string of the molecule is Nc1ncnc2c1ncn2[C@@H]1O[C@H](COP(=O)(O)OP(=O)(O)O)[C@@H](O)[C@H]1O.[H-].[H-].[Na+].[Na+]. The summed E-state index contributed by atoms with van der Waals surface area (Å²) < 4.78 is 36.8. The molecule has 5 atom stereocenters. The molecule has 1 saturated heterocycles. The molecule has 0 aliphatic carbocycles. The average Bonchev–Trinajstić information content (AvgIpc) is 3.07. The maximum Gasteiger partial charge on any atom is 1.00 e. The maximum absolute atomic E-state index is 11.5. The van der Waals surface area contributed by atoms with E-state index in [4.69, 9.17) is 20.3 Å². The van der Waals surface area contributed by atoms with Crippen LogP contribution in [-0.2, 0) is 22.7 Å². The van der Waals surface area contributed by atoms with Crippen molar-refractivity contribution in [2.24, 2.45) is 0 Å². The number of phosphoric ester groups is 1. The third-order valence-electron chi connectivity index (χ3n) is 3.61. The van der Waals surface area contributed by atoms with Crippen LogP contribution >= 0.6 is 15.6 Å². The summed E-state index contributed by atoms with van der Waals surface area (Å²) in [6.07, 6.45) is -3.20. The number of nitrogen functional groups attached to an aromatic ring is 1. The molecule has 0 bridgehead atoms. The first-order valence-corrected chi connectivity index (χ1v) is 10.2. The third-order valence-corrected chi connectivity index (χ3v) is 5.76. The molecule has 0 saturated carbocycles. The molecule has 3 rings (SSSR count). The summed E-state index contributed by atoms with van der Waals surface area (Å²) in [5.41, 5.74) is 6.11. The van der Waals surface area contributed by atoms with Crippen LogP contribution in [0.1, 0.15) is 9.08 Å². The van der Waals surface area contributed by atoms with Crippen molar-refractivity contribution in [3.05, 3.63) is 12.7 Å². The van der Waals surface area contributed by atoms with Gasteiger partial charge < -0.3 is 38.2 Å². The summed E-state index contributed by atoms with van der Waals surface area (Å²) in [5, 5.41) is 20.3. The Labute approximate surface area is 210 Å². The number of aliphatic hydroxyl groups excluding tert-OH is 2. The molecule has 0 amide bonds. The Morgan fingerprint density at radius 2 is 1.83 bits per heavy atom. The topological polar surface area (TPSA) is 233 Å². The van der Waals surface area contributed by atoms with Crippen LogP contribution in [0.25, 0.3) is 11.2 Å². The van der Waals surface area contributed by atoms with Crippen LogP contribution in [0.3, 0.4) is 0 Å². The van der Waals surface area contributed by atoms with E-state index in [1.165, 1.54) is 10.9 Å². The van der Waals surface area contributed by atoms with Crippen molar-refractivity contribution >= 4 is 32.6 Å². The second-order valence-corrected chi connectivity index (χ2v) is 8.30. The molecule has 2 aromatic heterocycles. The maximum atomic E-state index is 11.5. The number of nitrogens with two attached hydrogens (primary N) is 1. The fraction of sp³-hybridized carbons (Fsp3) is 0.500. The molecule has 1 aliphatic rings. The van der Waals surface area contributed by atoms with Crippen molar-refractivity contribution in [1.82, 2.24) is 19.5 Å². The van der Waals surface area contributed by atoms with Crippen LogP contribution in [0, 0.1) is 0 Å². The van der Waals surface area contributed by atoms with E-state index in [-0.39, 0.29) is 78.9 Å². The van der Waals surface area contributed by atoms with Gasteiger partial charge in [-0.25, -0.2) is 24.1 Å². The molecule has 1 aliphatic heterocycles. The van der Waals surface area contributed by atoms with Crippen LogP contribution in [0.2, 0.25) is 0 Å². The number of anilines is 1. The van der Waals surface area contributed by atoms with Gasteiger partial charge in [0, 0.05) is 0 Å². The van der Waals surface area contributed by atoms with Crippen LogP contribution in [0.5, 0.6) is 0 Å². The van der Waals surface area contributed by atoms with Crippen LogP contribution < -0.4 is 64.8 Å². The molecule has 2 aromatic rings. The molecular weight excluding hydrogens is 458 g/mol. The first-order valence-electron chi connectivity index (χ1n) is 7.17. The summed E-state index contributed by atoms with van der Waals surface area (Å²) >= 11 is 0. The molecule has 29 heavy (non-hydrogen) atoms. The van der Waals surface area contributed by atoms with E-state index in [0.29, 0.717) is 0 Å². The second kappa shape index (κ2) is 10.4. The van der Waals surface area contributed by atoms with Gasteiger partial charge in [-0.15, -0.1) is 0 Å². The van der Waals surface area contributed by atoms with Crippen molar-refractivity contribution in [2.75, 3.05) is 12.3 Å². The Balaban J connectivity index is 0. The molecule has 19 heteroatoms. The molecule has 1 fully saturated rings. The molecule has 15 nitrogen and oxygen atoms in total. The predicted molar refractivity (Wildman–Crippen MR) is 86.8 cm³/mol. The fourth-order valence-electron chi connectivity index (χ4n) is 2.48. The Hall–Kier alpha value is 0.490. The van der Waals surface area contributed by atoms with Gasteiger partial charge in [0.1, 0.15) is 30.2 Å². The zero-order valence-corrected chi connectivity index (χ0v) is 21.0. The normalized spacial score (nSPS) is 26.5. The zero-order valence-electron chi connectivity index (χ0n) is 17.2. The molecular formula is C10H17N5Na2O10P2. The zero-order chi connectivity index (χ0) is 20.0. The summed E-state index contributed by atoms with van der Waals surface area (Å²) in [6, 6.07) is 0. The minimum atomic E-state index is -5.29. The number of ether oxygens (including phenoxy) is 1. The number of hydrogen-bond donors (Lipinski definition) is 6. The molecule has 0 spiro atoms. The molecule has 0 radical (unpaired) electrons. The number of phosphoric acid groups is 2. The Kier molecular flexibility index (Phi) is 9.87. The minimum absolute atomic E-state index is 0. The van der Waals surface area contributed by atoms with Gasteiger partial charge in [0.2, 0.25) is 0 Å². The Morgan fingerprint density at radius 3 is 2.45 bits per heavy atom. The average molecular weight is 475 g/mol. The van der Waals surface area contributed by atoms with Crippen molar-refractivity contribution in [3.8, 4) is 0 Å². The van der Waals surface area contributed by atoms with Crippen LogP contribution in [0.4, 0.5) is 5.82 Å². The molecule has 7 N–H and O–H groups in total. The van der Waals surface area contributed by atoms with Crippen molar-refractivity contribution < 1.29 is 110 Å². The van der Waals surface area contributed by atoms with Crippen LogP contribution in [0.15, 0.2) is 12.7 Å². The molecule has 1 unspecified atom stereocenters. The van der Waals surface area contributed by atoms with Crippen molar-refractivity contribution in [3.63, 3.8) is 0 Å². The van der Waals surface area contributed by atoms with E-state index in [2.05, 4.69) is 23.8 Å². The quantitative estimate of drug-likeness (QED) is 0.168. The number of nitrogens with zero attached hydrogens (tertiary/aromatic N) is 4. The monoisotopic (exact) mass is 475 g/mol. The standard InChI is InChI=1S/C10H15N5O10P2.2Na.2H/c11-8-5-9(13-2-12-8)15(3-14-5)10-7(17)6(16)4(24-10)1-23-27(21,22)25-26(18,19)20;;;;/h2-4,6-7,10,16-17H,1H2,(H,21,22)(H2,11,12,13)(H2,18,19,20);;;;/q;2*+1;2*-1/t4-,6-,7-,10-;;;;/m1..../s1. The number of fused-ring (bicyclic) bond motifs is 1. The Morgan fingerprint density at radius 1 is 1.17 bits per heavy atom. The molecule has 3 heterocycles. The summed E-state index contributed by atoms with van der Waals surface area (Å²) in [4.78, 5) is 38.1. The number of imidazole rings is 1. The third kappa shape index (κ3) is 6.49. The van der Waals surface area contributed by atoms with Gasteiger partial charge in [-0.1, -0.05) is 0 Å². The fourth-order valence-corrected chi connectivity index (χ4v) is 4.08. The van der Waals surface area contributed by atoms with E-state index in [9.17, 15) is 24.2 Å². The minimum Gasteiger partial charge on any atom is -1.00 e. The van der Waals surface area contributed by atoms with E-state index >= 15 is 0 Å². The van der Waals surface area contributed by atoms with E-state index < -0.39 is 46.8 Å². The van der Waals surface area contributed by atoms with Gasteiger partial charge >= 0.3 is 74.8 Å². The summed E-state index contributed by atoms with van der Waals surface area (Å²) in [5.74, 6) is 0.0856. The van der Waals surface area contributed by atoms with Gasteiger partial charge in [-0.3, -0.25) is 9.09 Å². The molecule has 0 aromatic carbocycles. The Bertz CT molecular complexity index is 953. The molecule has 154 valence electrons. The smallest absolute Gasteiger partial charge is 1.00 e. The van der Waals surface area contributed by atoms with Gasteiger partial charge in [-0.05, 0) is 0 Å². The van der Waals surface area contributed by atoms with E-state index in [1.807, 2.05) is 0 Å². The van der Waals surface area contributed by atoms with Gasteiger partial charge in [0.15, 0.2) is 17.7 Å². The number of aromatic nitrogens is 4. The summed E-state index contributed by atoms with van der Waals surface area (Å²) in [7, 11) is -10.4. The van der Waals surface area contributed by atoms with Crippen molar-refractivity contribution in [2.45, 2.75) is 24.5 Å². The van der Waals surface area contributed by atoms with Gasteiger partial charge in [0.05, 0.1) is 12.9 Å². The summed E-state index contributed by atoms with van der Waals surface area (Å²) in [6.45, 7) is -0.813. The van der Waals surface area contributed by atoms with Crippen LogP contribution in [-0.4, -0.2) is 69.3 Å². The number of rotatable bonds is 6. The van der Waals surface area contributed by atoms with E-state index in [1.54, 1.807) is 0 Å².